The molecule has 0 bridgehead atoms. The Bertz CT molecular complexity index is 1060. The third kappa shape index (κ3) is 3.86. The Balaban J connectivity index is 1.78. The minimum Gasteiger partial charge on any atom is -0.496 e. The van der Waals surface area contributed by atoms with Crippen molar-refractivity contribution in [1.82, 2.24) is 10.3 Å². The number of hydrogen-bond acceptors (Lipinski definition) is 4. The fourth-order valence-electron chi connectivity index (χ4n) is 3.39. The van der Waals surface area contributed by atoms with Crippen LogP contribution >= 0.6 is 0 Å². The second kappa shape index (κ2) is 8.17. The van der Waals surface area contributed by atoms with Crippen LogP contribution in [0.15, 0.2) is 41.2 Å². The van der Waals surface area contributed by atoms with Gasteiger partial charge in [0.1, 0.15) is 17.1 Å². The summed E-state index contributed by atoms with van der Waals surface area (Å²) in [5, 5.41) is 3.83. The lowest BCUT2D eigenvalue weighted by Crippen LogP contribution is -2.28. The number of pyridine rings is 1. The Morgan fingerprint density at radius 1 is 1.07 bits per heavy atom. The van der Waals surface area contributed by atoms with Gasteiger partial charge < -0.3 is 19.8 Å². The number of carbonyl (C=O) groups excluding carboxylic acids is 1. The van der Waals surface area contributed by atoms with E-state index >= 15 is 0 Å². The Morgan fingerprint density at radius 3 is 2.39 bits per heavy atom. The van der Waals surface area contributed by atoms with E-state index in [9.17, 15) is 9.59 Å². The van der Waals surface area contributed by atoms with Crippen LogP contribution < -0.4 is 20.3 Å². The zero-order valence-corrected chi connectivity index (χ0v) is 16.5. The van der Waals surface area contributed by atoms with Gasteiger partial charge in [0.25, 0.3) is 11.5 Å². The Kier molecular flexibility index (Phi) is 5.68. The SMILES string of the molecule is COc1cccc(OC)c1C(=O)NCCc1cc2cc(C)cc(C)c2[nH]c1=O. The predicted octanol–water partition coefficient (Wildman–Crippen LogP) is 3.13. The second-order valence-electron chi connectivity index (χ2n) is 6.71. The van der Waals surface area contributed by atoms with Gasteiger partial charge in [-0.15, -0.1) is 0 Å². The van der Waals surface area contributed by atoms with E-state index in [4.69, 9.17) is 9.47 Å². The Morgan fingerprint density at radius 2 is 1.75 bits per heavy atom. The van der Waals surface area contributed by atoms with Gasteiger partial charge in [-0.2, -0.15) is 0 Å². The van der Waals surface area contributed by atoms with Crippen LogP contribution in [0.4, 0.5) is 0 Å². The van der Waals surface area contributed by atoms with E-state index in [1.807, 2.05) is 32.0 Å². The van der Waals surface area contributed by atoms with Crippen molar-refractivity contribution in [3.05, 3.63) is 69.0 Å². The summed E-state index contributed by atoms with van der Waals surface area (Å²) >= 11 is 0. The highest BCUT2D eigenvalue weighted by atomic mass is 16.5. The predicted molar refractivity (Wildman–Crippen MR) is 110 cm³/mol. The molecule has 0 unspecified atom stereocenters. The molecular formula is C22H24N2O4. The number of ether oxygens (including phenoxy) is 2. The average Bonchev–Trinajstić information content (AvgIpc) is 2.68. The van der Waals surface area contributed by atoms with Gasteiger partial charge in [0.05, 0.1) is 19.7 Å². The fraction of sp³-hybridized carbons (Fsp3) is 0.273. The van der Waals surface area contributed by atoms with Crippen molar-refractivity contribution in [1.29, 1.82) is 0 Å². The summed E-state index contributed by atoms with van der Waals surface area (Å²) < 4.78 is 10.5. The zero-order chi connectivity index (χ0) is 20.3. The van der Waals surface area contributed by atoms with Crippen molar-refractivity contribution in [3.8, 4) is 11.5 Å². The molecule has 2 aromatic carbocycles. The highest BCUT2D eigenvalue weighted by molar-refractivity contribution is 5.99. The average molecular weight is 380 g/mol. The number of amides is 1. The molecule has 0 saturated carbocycles. The van der Waals surface area contributed by atoms with E-state index in [1.54, 1.807) is 18.2 Å². The number of hydrogen-bond donors (Lipinski definition) is 2. The second-order valence-corrected chi connectivity index (χ2v) is 6.71. The van der Waals surface area contributed by atoms with Gasteiger partial charge in [0, 0.05) is 12.1 Å². The third-order valence-electron chi connectivity index (χ3n) is 4.71. The number of rotatable bonds is 6. The van der Waals surface area contributed by atoms with Crippen molar-refractivity contribution >= 4 is 16.8 Å². The van der Waals surface area contributed by atoms with Gasteiger partial charge in [-0.3, -0.25) is 9.59 Å². The molecule has 0 spiro atoms. The molecule has 6 nitrogen and oxygen atoms in total. The number of aromatic amines is 1. The molecule has 1 heterocycles. The number of H-pyrrole nitrogens is 1. The van der Waals surface area contributed by atoms with Crippen LogP contribution in [0, 0.1) is 13.8 Å². The molecule has 6 heteroatoms. The minimum atomic E-state index is -0.307. The number of methoxy groups -OCH3 is 2. The molecule has 1 aromatic heterocycles. The maximum atomic E-state index is 12.6. The van der Waals surface area contributed by atoms with E-state index in [1.165, 1.54) is 14.2 Å². The van der Waals surface area contributed by atoms with Crippen molar-refractivity contribution in [2.75, 3.05) is 20.8 Å². The van der Waals surface area contributed by atoms with Crippen LogP contribution in [-0.2, 0) is 6.42 Å². The Hall–Kier alpha value is -3.28. The number of benzene rings is 2. The summed E-state index contributed by atoms with van der Waals surface area (Å²) in [7, 11) is 3.01. The topological polar surface area (TPSA) is 80.4 Å². The van der Waals surface area contributed by atoms with Crippen molar-refractivity contribution in [2.45, 2.75) is 20.3 Å². The molecule has 0 atom stereocenters. The van der Waals surface area contributed by atoms with Crippen LogP contribution in [0.3, 0.4) is 0 Å². The van der Waals surface area contributed by atoms with Crippen molar-refractivity contribution in [3.63, 3.8) is 0 Å². The van der Waals surface area contributed by atoms with E-state index in [2.05, 4.69) is 10.3 Å². The number of aryl methyl sites for hydroxylation is 2. The lowest BCUT2D eigenvalue weighted by Gasteiger charge is -2.13. The fourth-order valence-corrected chi connectivity index (χ4v) is 3.39. The maximum absolute atomic E-state index is 12.6. The maximum Gasteiger partial charge on any atom is 0.258 e. The van der Waals surface area contributed by atoms with Gasteiger partial charge in [-0.1, -0.05) is 17.7 Å². The molecule has 0 aliphatic rings. The highest BCUT2D eigenvalue weighted by Crippen LogP contribution is 2.27. The minimum absolute atomic E-state index is 0.136. The van der Waals surface area contributed by atoms with Crippen LogP contribution in [-0.4, -0.2) is 31.7 Å². The van der Waals surface area contributed by atoms with Gasteiger partial charge in [-0.25, -0.2) is 0 Å². The van der Waals surface area contributed by atoms with Gasteiger partial charge in [-0.05, 0) is 55.5 Å². The largest absolute Gasteiger partial charge is 0.496 e. The lowest BCUT2D eigenvalue weighted by atomic mass is 10.0. The van der Waals surface area contributed by atoms with Crippen LogP contribution in [0.5, 0.6) is 11.5 Å². The first-order valence-corrected chi connectivity index (χ1v) is 9.07. The van der Waals surface area contributed by atoms with Gasteiger partial charge >= 0.3 is 0 Å². The summed E-state index contributed by atoms with van der Waals surface area (Å²) in [4.78, 5) is 28.0. The lowest BCUT2D eigenvalue weighted by molar-refractivity contribution is 0.0948. The third-order valence-corrected chi connectivity index (χ3v) is 4.71. The van der Waals surface area contributed by atoms with E-state index in [0.717, 1.165) is 22.0 Å². The molecule has 146 valence electrons. The summed E-state index contributed by atoms with van der Waals surface area (Å²) in [5.41, 5.74) is 3.86. The normalized spacial score (nSPS) is 10.7. The molecule has 0 aliphatic carbocycles. The molecule has 3 rings (SSSR count). The number of carbonyl (C=O) groups is 1. The van der Waals surface area contributed by atoms with Gasteiger partial charge in [0.15, 0.2) is 0 Å². The number of fused-ring (bicyclic) bond motifs is 1. The first kappa shape index (κ1) is 19.5. The summed E-state index contributed by atoms with van der Waals surface area (Å²) in [6, 6.07) is 11.1. The van der Waals surface area contributed by atoms with Crippen molar-refractivity contribution < 1.29 is 14.3 Å². The van der Waals surface area contributed by atoms with Crippen molar-refractivity contribution in [2.24, 2.45) is 0 Å². The molecule has 0 saturated heterocycles. The molecule has 0 radical (unpaired) electrons. The number of aromatic nitrogens is 1. The molecule has 28 heavy (non-hydrogen) atoms. The summed E-state index contributed by atoms with van der Waals surface area (Å²) in [6.45, 7) is 4.32. The standard InChI is InChI=1S/C22H24N2O4/c1-13-10-14(2)20-16(11-13)12-15(21(25)24-20)8-9-23-22(26)19-17(27-3)6-5-7-18(19)28-4/h5-7,10-12H,8-9H2,1-4H3,(H,23,26)(H,24,25). The quantitative estimate of drug-likeness (QED) is 0.688. The van der Waals surface area contributed by atoms with E-state index in [0.29, 0.717) is 35.6 Å². The molecule has 3 aromatic rings. The summed E-state index contributed by atoms with van der Waals surface area (Å²) in [5.74, 6) is 0.566. The monoisotopic (exact) mass is 380 g/mol. The molecule has 2 N–H and O–H groups in total. The molecule has 0 fully saturated rings. The van der Waals surface area contributed by atoms with E-state index < -0.39 is 0 Å². The summed E-state index contributed by atoms with van der Waals surface area (Å²) in [6.07, 6.45) is 0.418. The smallest absolute Gasteiger partial charge is 0.258 e. The van der Waals surface area contributed by atoms with Gasteiger partial charge in [0.2, 0.25) is 0 Å². The Labute approximate surface area is 163 Å². The molecule has 0 aliphatic heterocycles. The molecular weight excluding hydrogens is 356 g/mol. The van der Waals surface area contributed by atoms with Crippen LogP contribution in [0.2, 0.25) is 0 Å². The highest BCUT2D eigenvalue weighted by Gasteiger charge is 2.17. The first-order chi connectivity index (χ1) is 13.4. The number of nitrogens with one attached hydrogen (secondary N) is 2. The van der Waals surface area contributed by atoms with Crippen LogP contribution in [0.25, 0.3) is 10.9 Å². The van der Waals surface area contributed by atoms with E-state index in [-0.39, 0.29) is 11.5 Å². The van der Waals surface area contributed by atoms with Crippen LogP contribution in [0.1, 0.15) is 27.0 Å². The first-order valence-electron chi connectivity index (χ1n) is 9.07. The molecule has 1 amide bonds. The zero-order valence-electron chi connectivity index (χ0n) is 16.5.